The highest BCUT2D eigenvalue weighted by molar-refractivity contribution is 5.46. The quantitative estimate of drug-likeness (QED) is 0.762. The van der Waals surface area contributed by atoms with Crippen molar-refractivity contribution in [3.63, 3.8) is 0 Å². The molecule has 0 fully saturated rings. The Morgan fingerprint density at radius 1 is 1.24 bits per heavy atom. The van der Waals surface area contributed by atoms with Crippen LogP contribution in [0.5, 0.6) is 0 Å². The zero-order chi connectivity index (χ0) is 17.6. The number of nitrogens with zero attached hydrogens (tertiary/aromatic N) is 3. The Morgan fingerprint density at radius 3 is 2.88 bits per heavy atom. The van der Waals surface area contributed by atoms with Gasteiger partial charge in [-0.25, -0.2) is 4.98 Å². The highest BCUT2D eigenvalue weighted by Crippen LogP contribution is 2.30. The van der Waals surface area contributed by atoms with Gasteiger partial charge in [-0.05, 0) is 37.5 Å². The molecular formula is C16H14F3N5O. The van der Waals surface area contributed by atoms with Gasteiger partial charge in [0.25, 0.3) is 11.3 Å². The van der Waals surface area contributed by atoms with Crippen molar-refractivity contribution in [3.8, 4) is 0 Å². The third-order valence-electron chi connectivity index (χ3n) is 4.21. The van der Waals surface area contributed by atoms with Crippen molar-refractivity contribution in [1.82, 2.24) is 19.6 Å². The van der Waals surface area contributed by atoms with Crippen molar-refractivity contribution in [1.29, 1.82) is 0 Å². The summed E-state index contributed by atoms with van der Waals surface area (Å²) in [4.78, 5) is 21.0. The molecule has 9 heteroatoms. The number of alkyl halides is 3. The standard InChI is InChI=1S/C16H14F3N5O/c17-16(18,19)9-3-1-4-10(7-9)20-8-13-22-15-21-12-6-2-5-11(12)14(25)24(15)23-13/h1,3-4,7,20H,2,5-6,8H2,(H,21,22,23). The average molecular weight is 349 g/mol. The largest absolute Gasteiger partial charge is 0.416 e. The number of aromatic nitrogens is 4. The third kappa shape index (κ3) is 2.86. The van der Waals surface area contributed by atoms with Crippen molar-refractivity contribution in [2.45, 2.75) is 32.0 Å². The van der Waals surface area contributed by atoms with Crippen LogP contribution in [0, 0.1) is 0 Å². The maximum atomic E-state index is 12.7. The van der Waals surface area contributed by atoms with Gasteiger partial charge in [-0.1, -0.05) is 6.07 Å². The van der Waals surface area contributed by atoms with Crippen molar-refractivity contribution in [3.05, 3.63) is 57.3 Å². The molecule has 25 heavy (non-hydrogen) atoms. The second-order valence-corrected chi connectivity index (χ2v) is 5.93. The number of hydrogen-bond donors (Lipinski definition) is 2. The number of rotatable bonds is 3. The summed E-state index contributed by atoms with van der Waals surface area (Å²) >= 11 is 0. The summed E-state index contributed by atoms with van der Waals surface area (Å²) in [6.07, 6.45) is -2.00. The van der Waals surface area contributed by atoms with Gasteiger partial charge in [0.2, 0.25) is 0 Å². The van der Waals surface area contributed by atoms with Gasteiger partial charge in [0.1, 0.15) is 5.82 Å². The summed E-state index contributed by atoms with van der Waals surface area (Å²) in [5.74, 6) is 0.706. The zero-order valence-electron chi connectivity index (χ0n) is 13.0. The summed E-state index contributed by atoms with van der Waals surface area (Å²) < 4.78 is 39.5. The van der Waals surface area contributed by atoms with E-state index in [4.69, 9.17) is 0 Å². The second-order valence-electron chi connectivity index (χ2n) is 5.93. The number of halogens is 3. The maximum absolute atomic E-state index is 12.7. The van der Waals surface area contributed by atoms with Gasteiger partial charge in [0.05, 0.1) is 17.8 Å². The molecule has 2 aromatic heterocycles. The lowest BCUT2D eigenvalue weighted by atomic mass is 10.2. The van der Waals surface area contributed by atoms with Crippen LogP contribution in [-0.4, -0.2) is 19.6 Å². The molecule has 6 nitrogen and oxygen atoms in total. The molecule has 1 aromatic carbocycles. The molecule has 2 heterocycles. The molecule has 130 valence electrons. The van der Waals surface area contributed by atoms with Gasteiger partial charge in [-0.15, -0.1) is 0 Å². The summed E-state index contributed by atoms with van der Waals surface area (Å²) in [6, 6.07) is 4.91. The molecule has 0 radical (unpaired) electrons. The van der Waals surface area contributed by atoms with Crippen molar-refractivity contribution in [2.75, 3.05) is 5.32 Å². The predicted molar refractivity (Wildman–Crippen MR) is 84.4 cm³/mol. The summed E-state index contributed by atoms with van der Waals surface area (Å²) in [5.41, 5.74) is 0.928. The number of nitrogens with one attached hydrogen (secondary N) is 2. The van der Waals surface area contributed by atoms with E-state index in [-0.39, 0.29) is 17.9 Å². The lowest BCUT2D eigenvalue weighted by Crippen LogP contribution is -2.20. The molecule has 0 atom stereocenters. The molecule has 3 aromatic rings. The molecule has 0 amide bonds. The van der Waals surface area contributed by atoms with Crippen LogP contribution in [0.2, 0.25) is 0 Å². The van der Waals surface area contributed by atoms with Gasteiger partial charge in [0, 0.05) is 11.3 Å². The van der Waals surface area contributed by atoms with E-state index in [9.17, 15) is 18.0 Å². The van der Waals surface area contributed by atoms with Gasteiger partial charge in [-0.2, -0.15) is 22.7 Å². The monoisotopic (exact) mass is 349 g/mol. The van der Waals surface area contributed by atoms with Crippen molar-refractivity contribution < 1.29 is 13.2 Å². The lowest BCUT2D eigenvalue weighted by Gasteiger charge is -2.09. The molecular weight excluding hydrogens is 335 g/mol. The molecule has 0 saturated carbocycles. The smallest absolute Gasteiger partial charge is 0.378 e. The number of benzene rings is 1. The van der Waals surface area contributed by atoms with E-state index in [2.05, 4.69) is 20.4 Å². The molecule has 2 N–H and O–H groups in total. The number of anilines is 1. The molecule has 0 aliphatic heterocycles. The fraction of sp³-hybridized carbons (Fsp3) is 0.312. The van der Waals surface area contributed by atoms with Crippen LogP contribution in [-0.2, 0) is 25.6 Å². The normalized spacial score (nSPS) is 14.0. The molecule has 0 bridgehead atoms. The Morgan fingerprint density at radius 2 is 2.08 bits per heavy atom. The topological polar surface area (TPSA) is 75.1 Å². The van der Waals surface area contributed by atoms with Gasteiger partial charge in [-0.3, -0.25) is 9.89 Å². The Kier molecular flexibility index (Phi) is 3.52. The fourth-order valence-corrected chi connectivity index (χ4v) is 3.00. The first-order valence-corrected chi connectivity index (χ1v) is 7.82. The zero-order valence-corrected chi connectivity index (χ0v) is 13.0. The number of H-pyrrole nitrogens is 1. The van der Waals surface area contributed by atoms with Crippen LogP contribution < -0.4 is 10.9 Å². The lowest BCUT2D eigenvalue weighted by molar-refractivity contribution is -0.137. The van der Waals surface area contributed by atoms with Crippen LogP contribution in [0.1, 0.15) is 29.1 Å². The van der Waals surface area contributed by atoms with E-state index in [0.717, 1.165) is 30.7 Å². The Hall–Kier alpha value is -2.84. The Labute approximate surface area is 139 Å². The second kappa shape index (κ2) is 5.61. The van der Waals surface area contributed by atoms with E-state index in [1.807, 2.05) is 0 Å². The van der Waals surface area contributed by atoms with Gasteiger partial charge >= 0.3 is 6.18 Å². The van der Waals surface area contributed by atoms with E-state index < -0.39 is 11.7 Å². The van der Waals surface area contributed by atoms with E-state index in [0.29, 0.717) is 23.5 Å². The predicted octanol–water partition coefficient (Wildman–Crippen LogP) is 2.54. The van der Waals surface area contributed by atoms with Crippen molar-refractivity contribution in [2.24, 2.45) is 0 Å². The molecule has 0 spiro atoms. The molecule has 4 rings (SSSR count). The fourth-order valence-electron chi connectivity index (χ4n) is 3.00. The maximum Gasteiger partial charge on any atom is 0.416 e. The van der Waals surface area contributed by atoms with E-state index in [1.165, 1.54) is 16.6 Å². The molecule has 0 saturated heterocycles. The molecule has 1 aliphatic carbocycles. The minimum atomic E-state index is -4.39. The Balaban J connectivity index is 1.58. The van der Waals surface area contributed by atoms with Crippen LogP contribution in [0.25, 0.3) is 5.78 Å². The number of hydrogen-bond acceptors (Lipinski definition) is 4. The van der Waals surface area contributed by atoms with Crippen LogP contribution in [0.3, 0.4) is 0 Å². The summed E-state index contributed by atoms with van der Waals surface area (Å²) in [7, 11) is 0. The number of aromatic amines is 1. The summed E-state index contributed by atoms with van der Waals surface area (Å²) in [6.45, 7) is 0.148. The third-order valence-corrected chi connectivity index (χ3v) is 4.21. The first-order valence-electron chi connectivity index (χ1n) is 7.82. The van der Waals surface area contributed by atoms with Crippen LogP contribution >= 0.6 is 0 Å². The highest BCUT2D eigenvalue weighted by Gasteiger charge is 2.30. The number of aryl methyl sites for hydroxylation is 1. The average Bonchev–Trinajstić information content (AvgIpc) is 3.19. The first-order chi connectivity index (χ1) is 11.9. The van der Waals surface area contributed by atoms with Crippen molar-refractivity contribution >= 4 is 11.5 Å². The summed E-state index contributed by atoms with van der Waals surface area (Å²) in [5, 5.41) is 5.73. The van der Waals surface area contributed by atoms with E-state index >= 15 is 0 Å². The minimum Gasteiger partial charge on any atom is -0.378 e. The highest BCUT2D eigenvalue weighted by atomic mass is 19.4. The van der Waals surface area contributed by atoms with Gasteiger partial charge < -0.3 is 5.32 Å². The van der Waals surface area contributed by atoms with Gasteiger partial charge in [0.15, 0.2) is 0 Å². The molecule has 0 unspecified atom stereocenters. The van der Waals surface area contributed by atoms with E-state index in [1.54, 1.807) is 0 Å². The minimum absolute atomic E-state index is 0.148. The SMILES string of the molecule is O=c1c2c(nc3nc(CNc4cccc(C(F)(F)F)c4)[nH]n13)CCC2. The van der Waals surface area contributed by atoms with Crippen LogP contribution in [0.15, 0.2) is 29.1 Å². The Bertz CT molecular complexity index is 1010. The number of fused-ring (bicyclic) bond motifs is 2. The molecule has 1 aliphatic rings. The van der Waals surface area contributed by atoms with Crippen LogP contribution in [0.4, 0.5) is 18.9 Å². The first kappa shape index (κ1) is 15.7.